The lowest BCUT2D eigenvalue weighted by Gasteiger charge is -2.23. The molecule has 0 radical (unpaired) electrons. The van der Waals surface area contributed by atoms with Crippen LogP contribution in [0.15, 0.2) is 24.3 Å². The highest BCUT2D eigenvalue weighted by atomic mass is 16.5. The fourth-order valence-corrected chi connectivity index (χ4v) is 1.50. The van der Waals surface area contributed by atoms with Crippen LogP contribution in [0.1, 0.15) is 25.8 Å². The van der Waals surface area contributed by atoms with E-state index < -0.39 is 5.60 Å². The molecular weight excluding hydrogens is 190 g/mol. The molecule has 0 aliphatic heterocycles. The predicted octanol–water partition coefficient (Wildman–Crippen LogP) is 1.64. The van der Waals surface area contributed by atoms with Crippen molar-refractivity contribution in [3.8, 4) is 5.75 Å². The Morgan fingerprint density at radius 2 is 1.93 bits per heavy atom. The van der Waals surface area contributed by atoms with E-state index in [-0.39, 0.29) is 0 Å². The highest BCUT2D eigenvalue weighted by Gasteiger charge is 2.21. The largest absolute Gasteiger partial charge is 0.494 e. The summed E-state index contributed by atoms with van der Waals surface area (Å²) in [6, 6.07) is 7.48. The van der Waals surface area contributed by atoms with Gasteiger partial charge in [-0.2, -0.15) is 0 Å². The summed E-state index contributed by atoms with van der Waals surface area (Å²) in [4.78, 5) is 0. The Morgan fingerprint density at radius 1 is 1.33 bits per heavy atom. The molecular formula is C12H19NO2. The van der Waals surface area contributed by atoms with Crippen LogP contribution >= 0.6 is 0 Å². The van der Waals surface area contributed by atoms with Crippen molar-refractivity contribution < 1.29 is 9.84 Å². The first-order valence-corrected chi connectivity index (χ1v) is 5.26. The SMILES string of the molecule is CCOc1ccc(C(C)(O)CCN)cc1. The number of ether oxygens (including phenoxy) is 1. The van der Waals surface area contributed by atoms with E-state index in [9.17, 15) is 5.11 Å². The second-order valence-electron chi connectivity index (χ2n) is 3.77. The summed E-state index contributed by atoms with van der Waals surface area (Å²) in [5.41, 5.74) is 5.47. The standard InChI is InChI=1S/C12H19NO2/c1-3-15-11-6-4-10(5-7-11)12(2,14)8-9-13/h4-7,14H,3,8-9,13H2,1-2H3. The first-order valence-electron chi connectivity index (χ1n) is 5.26. The van der Waals surface area contributed by atoms with E-state index in [4.69, 9.17) is 10.5 Å². The Morgan fingerprint density at radius 3 is 2.40 bits per heavy atom. The minimum atomic E-state index is -0.848. The lowest BCUT2D eigenvalue weighted by Crippen LogP contribution is -2.24. The van der Waals surface area contributed by atoms with E-state index in [1.54, 1.807) is 6.92 Å². The molecule has 0 saturated heterocycles. The van der Waals surface area contributed by atoms with Crippen LogP contribution in [0.4, 0.5) is 0 Å². The van der Waals surface area contributed by atoms with Gasteiger partial charge in [-0.3, -0.25) is 0 Å². The Hall–Kier alpha value is -1.06. The molecule has 0 aliphatic rings. The average molecular weight is 209 g/mol. The molecule has 0 heterocycles. The van der Waals surface area contributed by atoms with Gasteiger partial charge >= 0.3 is 0 Å². The summed E-state index contributed by atoms with van der Waals surface area (Å²) in [6.45, 7) is 4.84. The fourth-order valence-electron chi connectivity index (χ4n) is 1.50. The zero-order chi connectivity index (χ0) is 11.3. The summed E-state index contributed by atoms with van der Waals surface area (Å²) in [5.74, 6) is 0.824. The van der Waals surface area contributed by atoms with Crippen molar-refractivity contribution in [2.24, 2.45) is 5.73 Å². The zero-order valence-corrected chi connectivity index (χ0v) is 9.36. The van der Waals surface area contributed by atoms with Crippen LogP contribution in [0.25, 0.3) is 0 Å². The Kier molecular flexibility index (Phi) is 4.12. The van der Waals surface area contributed by atoms with Crippen molar-refractivity contribution in [1.82, 2.24) is 0 Å². The monoisotopic (exact) mass is 209 g/mol. The van der Waals surface area contributed by atoms with Gasteiger partial charge in [-0.15, -0.1) is 0 Å². The Bertz CT molecular complexity index is 293. The van der Waals surface area contributed by atoms with Crippen LogP contribution < -0.4 is 10.5 Å². The molecule has 0 bridgehead atoms. The molecule has 15 heavy (non-hydrogen) atoms. The summed E-state index contributed by atoms with van der Waals surface area (Å²) < 4.78 is 5.33. The molecule has 0 spiro atoms. The van der Waals surface area contributed by atoms with Gasteiger partial charge in [-0.25, -0.2) is 0 Å². The van der Waals surface area contributed by atoms with Crippen molar-refractivity contribution in [2.75, 3.05) is 13.2 Å². The van der Waals surface area contributed by atoms with Crippen LogP contribution in [0.5, 0.6) is 5.75 Å². The van der Waals surface area contributed by atoms with Crippen molar-refractivity contribution in [2.45, 2.75) is 25.9 Å². The van der Waals surface area contributed by atoms with E-state index >= 15 is 0 Å². The molecule has 0 aliphatic carbocycles. The van der Waals surface area contributed by atoms with Crippen LogP contribution in [-0.4, -0.2) is 18.3 Å². The van der Waals surface area contributed by atoms with Gasteiger partial charge in [0, 0.05) is 0 Å². The minimum absolute atomic E-state index is 0.472. The van der Waals surface area contributed by atoms with Gasteiger partial charge in [-0.1, -0.05) is 12.1 Å². The average Bonchev–Trinajstić information content (AvgIpc) is 2.19. The van der Waals surface area contributed by atoms with E-state index in [2.05, 4.69) is 0 Å². The highest BCUT2D eigenvalue weighted by Crippen LogP contribution is 2.25. The lowest BCUT2D eigenvalue weighted by molar-refractivity contribution is 0.0504. The summed E-state index contributed by atoms with van der Waals surface area (Å²) >= 11 is 0. The van der Waals surface area contributed by atoms with E-state index in [0.29, 0.717) is 19.6 Å². The van der Waals surface area contributed by atoms with Gasteiger partial charge in [-0.05, 0) is 44.5 Å². The predicted molar refractivity (Wildman–Crippen MR) is 60.9 cm³/mol. The third kappa shape index (κ3) is 3.22. The molecule has 3 heteroatoms. The van der Waals surface area contributed by atoms with E-state index in [0.717, 1.165) is 11.3 Å². The van der Waals surface area contributed by atoms with Gasteiger partial charge in [0.05, 0.1) is 12.2 Å². The van der Waals surface area contributed by atoms with Crippen molar-refractivity contribution in [3.63, 3.8) is 0 Å². The Labute approximate surface area is 90.9 Å². The molecule has 1 aromatic rings. The first kappa shape index (κ1) is 12.0. The number of aliphatic hydroxyl groups is 1. The van der Waals surface area contributed by atoms with Gasteiger partial charge in [0.1, 0.15) is 5.75 Å². The number of rotatable bonds is 5. The van der Waals surface area contributed by atoms with Gasteiger partial charge in [0.25, 0.3) is 0 Å². The summed E-state index contributed by atoms with van der Waals surface area (Å²) in [7, 11) is 0. The molecule has 1 atom stereocenters. The minimum Gasteiger partial charge on any atom is -0.494 e. The highest BCUT2D eigenvalue weighted by molar-refractivity contribution is 5.30. The van der Waals surface area contributed by atoms with Gasteiger partial charge in [0.2, 0.25) is 0 Å². The normalized spacial score (nSPS) is 14.7. The van der Waals surface area contributed by atoms with Crippen molar-refractivity contribution in [3.05, 3.63) is 29.8 Å². The lowest BCUT2D eigenvalue weighted by atomic mass is 9.93. The first-order chi connectivity index (χ1) is 7.10. The topological polar surface area (TPSA) is 55.5 Å². The van der Waals surface area contributed by atoms with Crippen LogP contribution in [-0.2, 0) is 5.60 Å². The maximum absolute atomic E-state index is 10.1. The molecule has 0 amide bonds. The number of hydrogen-bond acceptors (Lipinski definition) is 3. The van der Waals surface area contributed by atoms with Crippen LogP contribution in [0, 0.1) is 0 Å². The Balaban J connectivity index is 2.78. The quantitative estimate of drug-likeness (QED) is 0.775. The van der Waals surface area contributed by atoms with E-state index in [1.165, 1.54) is 0 Å². The smallest absolute Gasteiger partial charge is 0.119 e. The molecule has 3 nitrogen and oxygen atoms in total. The molecule has 84 valence electrons. The fraction of sp³-hybridized carbons (Fsp3) is 0.500. The zero-order valence-electron chi connectivity index (χ0n) is 9.36. The number of benzene rings is 1. The van der Waals surface area contributed by atoms with E-state index in [1.807, 2.05) is 31.2 Å². The molecule has 1 unspecified atom stereocenters. The summed E-state index contributed by atoms with van der Waals surface area (Å²) in [5, 5.41) is 10.1. The maximum atomic E-state index is 10.1. The second kappa shape index (κ2) is 5.14. The summed E-state index contributed by atoms with van der Waals surface area (Å²) in [6.07, 6.45) is 0.557. The molecule has 1 rings (SSSR count). The molecule has 3 N–H and O–H groups in total. The van der Waals surface area contributed by atoms with Crippen LogP contribution in [0.3, 0.4) is 0 Å². The molecule has 1 aromatic carbocycles. The maximum Gasteiger partial charge on any atom is 0.119 e. The molecule has 0 aromatic heterocycles. The second-order valence-corrected chi connectivity index (χ2v) is 3.77. The number of nitrogens with two attached hydrogens (primary N) is 1. The van der Waals surface area contributed by atoms with Crippen molar-refractivity contribution in [1.29, 1.82) is 0 Å². The molecule has 0 fully saturated rings. The number of hydrogen-bond donors (Lipinski definition) is 2. The molecule has 0 saturated carbocycles. The van der Waals surface area contributed by atoms with Gasteiger partial charge < -0.3 is 15.6 Å². The third-order valence-corrected chi connectivity index (χ3v) is 2.42. The van der Waals surface area contributed by atoms with Gasteiger partial charge in [0.15, 0.2) is 0 Å². The van der Waals surface area contributed by atoms with Crippen LogP contribution in [0.2, 0.25) is 0 Å². The third-order valence-electron chi connectivity index (χ3n) is 2.42. The van der Waals surface area contributed by atoms with Crippen molar-refractivity contribution >= 4 is 0 Å².